The van der Waals surface area contributed by atoms with E-state index >= 15 is 0 Å². The van der Waals surface area contributed by atoms with Crippen LogP contribution < -0.4 is 19.5 Å². The Balaban J connectivity index is 2.13. The molecule has 0 spiro atoms. The van der Waals surface area contributed by atoms with Crippen LogP contribution in [0.2, 0.25) is 0 Å². The number of methoxy groups -OCH3 is 3. The maximum Gasteiger partial charge on any atom is 0.339 e. The van der Waals surface area contributed by atoms with Gasteiger partial charge in [0.15, 0.2) is 17.6 Å². The Hall–Kier alpha value is -3.73. The van der Waals surface area contributed by atoms with Gasteiger partial charge in [0.25, 0.3) is 5.91 Å². The topological polar surface area (TPSA) is 107 Å². The highest BCUT2D eigenvalue weighted by atomic mass is 16.5. The molecule has 0 aromatic heterocycles. The number of amides is 1. The van der Waals surface area contributed by atoms with E-state index in [9.17, 15) is 9.59 Å². The number of hydrogen-bond acceptors (Lipinski definition) is 7. The van der Waals surface area contributed by atoms with Crippen molar-refractivity contribution in [3.8, 4) is 23.3 Å². The number of rotatable bonds is 7. The SMILES string of the molecule is COc1cc(C(=O)OC(C)C(=O)Nc2cccc(C#N)c2)cc(OC)c1OC. The number of anilines is 1. The third-order valence-electron chi connectivity index (χ3n) is 3.81. The first-order valence-electron chi connectivity index (χ1n) is 8.25. The van der Waals surface area contributed by atoms with E-state index in [-0.39, 0.29) is 5.56 Å². The number of ether oxygens (including phenoxy) is 4. The Labute approximate surface area is 162 Å². The maximum absolute atomic E-state index is 12.5. The molecule has 0 heterocycles. The van der Waals surface area contributed by atoms with Crippen molar-refractivity contribution >= 4 is 17.6 Å². The van der Waals surface area contributed by atoms with Gasteiger partial charge >= 0.3 is 5.97 Å². The van der Waals surface area contributed by atoms with Gasteiger partial charge in [0.2, 0.25) is 5.75 Å². The van der Waals surface area contributed by atoms with Gasteiger partial charge in [0.1, 0.15) is 0 Å². The zero-order valence-electron chi connectivity index (χ0n) is 15.9. The lowest BCUT2D eigenvalue weighted by Crippen LogP contribution is -2.30. The lowest BCUT2D eigenvalue weighted by atomic mass is 10.1. The molecule has 2 aromatic rings. The molecule has 1 atom stereocenters. The number of benzene rings is 2. The summed E-state index contributed by atoms with van der Waals surface area (Å²) in [6, 6.07) is 11.3. The molecule has 0 aliphatic rings. The third kappa shape index (κ3) is 4.71. The minimum absolute atomic E-state index is 0.139. The number of nitriles is 1. The molecule has 8 heteroatoms. The molecular weight excluding hydrogens is 364 g/mol. The summed E-state index contributed by atoms with van der Waals surface area (Å²) in [7, 11) is 4.31. The number of carbonyl (C=O) groups excluding carboxylic acids is 2. The molecular formula is C20H20N2O6. The molecule has 2 rings (SSSR count). The highest BCUT2D eigenvalue weighted by Crippen LogP contribution is 2.38. The first-order chi connectivity index (χ1) is 13.4. The van der Waals surface area contributed by atoms with Gasteiger partial charge in [-0.2, -0.15) is 5.26 Å². The van der Waals surface area contributed by atoms with E-state index in [1.807, 2.05) is 6.07 Å². The predicted octanol–water partition coefficient (Wildman–Crippen LogP) is 2.77. The summed E-state index contributed by atoms with van der Waals surface area (Å²) in [6.45, 7) is 1.44. The van der Waals surface area contributed by atoms with Gasteiger partial charge in [-0.25, -0.2) is 4.79 Å². The molecule has 0 fully saturated rings. The van der Waals surface area contributed by atoms with Gasteiger partial charge in [0, 0.05) is 5.69 Å². The quantitative estimate of drug-likeness (QED) is 0.732. The number of nitrogens with one attached hydrogen (secondary N) is 1. The second-order valence-corrected chi connectivity index (χ2v) is 5.64. The van der Waals surface area contributed by atoms with Crippen molar-refractivity contribution in [2.24, 2.45) is 0 Å². The lowest BCUT2D eigenvalue weighted by Gasteiger charge is -2.16. The van der Waals surface area contributed by atoms with Crippen LogP contribution in [0.5, 0.6) is 17.2 Å². The Morgan fingerprint density at radius 1 is 1.04 bits per heavy atom. The largest absolute Gasteiger partial charge is 0.493 e. The number of carbonyl (C=O) groups is 2. The molecule has 0 radical (unpaired) electrons. The van der Waals surface area contributed by atoms with Crippen molar-refractivity contribution in [1.29, 1.82) is 5.26 Å². The second-order valence-electron chi connectivity index (χ2n) is 5.64. The standard InChI is InChI=1S/C20H20N2O6/c1-12(19(23)22-15-7-5-6-13(8-15)11-21)28-20(24)14-9-16(25-2)18(27-4)17(10-14)26-3/h5-10,12H,1-4H3,(H,22,23). The fraction of sp³-hybridized carbons (Fsp3) is 0.250. The molecule has 0 saturated carbocycles. The Morgan fingerprint density at radius 3 is 2.21 bits per heavy atom. The van der Waals surface area contributed by atoms with Gasteiger partial charge in [-0.1, -0.05) is 6.07 Å². The Kier molecular flexibility index (Phi) is 6.82. The zero-order valence-corrected chi connectivity index (χ0v) is 15.9. The normalized spacial score (nSPS) is 11.0. The summed E-state index contributed by atoms with van der Waals surface area (Å²) < 4.78 is 20.8. The van der Waals surface area contributed by atoms with Crippen molar-refractivity contribution < 1.29 is 28.5 Å². The number of hydrogen-bond donors (Lipinski definition) is 1. The number of esters is 1. The first kappa shape index (κ1) is 20.6. The van der Waals surface area contributed by atoms with E-state index in [2.05, 4.69) is 5.32 Å². The predicted molar refractivity (Wildman–Crippen MR) is 101 cm³/mol. The van der Waals surface area contributed by atoms with Crippen LogP contribution in [-0.2, 0) is 9.53 Å². The third-order valence-corrected chi connectivity index (χ3v) is 3.81. The van der Waals surface area contributed by atoms with E-state index in [0.29, 0.717) is 28.5 Å². The molecule has 0 aliphatic carbocycles. The molecule has 0 saturated heterocycles. The van der Waals surface area contributed by atoms with Gasteiger partial charge < -0.3 is 24.3 Å². The van der Waals surface area contributed by atoms with Gasteiger partial charge in [-0.05, 0) is 37.3 Å². The summed E-state index contributed by atoms with van der Waals surface area (Å²) in [6.07, 6.45) is -1.07. The maximum atomic E-state index is 12.5. The van der Waals surface area contributed by atoms with E-state index in [4.69, 9.17) is 24.2 Å². The zero-order chi connectivity index (χ0) is 20.7. The molecule has 2 aromatic carbocycles. The molecule has 1 amide bonds. The van der Waals surface area contributed by atoms with Crippen LogP contribution in [0.25, 0.3) is 0 Å². The van der Waals surface area contributed by atoms with Crippen LogP contribution in [0.15, 0.2) is 36.4 Å². The van der Waals surface area contributed by atoms with Gasteiger partial charge in [-0.15, -0.1) is 0 Å². The van der Waals surface area contributed by atoms with Crippen molar-refractivity contribution in [1.82, 2.24) is 0 Å². The lowest BCUT2D eigenvalue weighted by molar-refractivity contribution is -0.123. The summed E-state index contributed by atoms with van der Waals surface area (Å²) >= 11 is 0. The molecule has 1 unspecified atom stereocenters. The molecule has 8 nitrogen and oxygen atoms in total. The summed E-state index contributed by atoms with van der Waals surface area (Å²) in [5, 5.41) is 11.5. The highest BCUT2D eigenvalue weighted by Gasteiger charge is 2.22. The fourth-order valence-electron chi connectivity index (χ4n) is 2.39. The average molecular weight is 384 g/mol. The van der Waals surface area contributed by atoms with Crippen LogP contribution in [0.4, 0.5) is 5.69 Å². The van der Waals surface area contributed by atoms with E-state index in [0.717, 1.165) is 0 Å². The molecule has 0 bridgehead atoms. The Bertz CT molecular complexity index is 894. The smallest absolute Gasteiger partial charge is 0.339 e. The van der Waals surface area contributed by atoms with Crippen LogP contribution in [0.1, 0.15) is 22.8 Å². The average Bonchev–Trinajstić information content (AvgIpc) is 2.72. The van der Waals surface area contributed by atoms with E-state index < -0.39 is 18.0 Å². The molecule has 146 valence electrons. The minimum atomic E-state index is -1.07. The van der Waals surface area contributed by atoms with E-state index in [1.165, 1.54) is 46.5 Å². The minimum Gasteiger partial charge on any atom is -0.493 e. The molecule has 28 heavy (non-hydrogen) atoms. The van der Waals surface area contributed by atoms with Gasteiger partial charge in [-0.3, -0.25) is 4.79 Å². The Morgan fingerprint density at radius 2 is 1.68 bits per heavy atom. The van der Waals surface area contributed by atoms with Crippen LogP contribution in [0.3, 0.4) is 0 Å². The summed E-state index contributed by atoms with van der Waals surface area (Å²) in [4.78, 5) is 24.7. The monoisotopic (exact) mass is 384 g/mol. The fourth-order valence-corrected chi connectivity index (χ4v) is 2.39. The number of nitrogens with zero attached hydrogens (tertiary/aromatic N) is 1. The molecule has 1 N–H and O–H groups in total. The van der Waals surface area contributed by atoms with Crippen molar-refractivity contribution in [2.45, 2.75) is 13.0 Å². The van der Waals surface area contributed by atoms with Crippen LogP contribution >= 0.6 is 0 Å². The summed E-state index contributed by atoms with van der Waals surface area (Å²) in [5.41, 5.74) is 0.972. The van der Waals surface area contributed by atoms with Crippen LogP contribution in [-0.4, -0.2) is 39.3 Å². The van der Waals surface area contributed by atoms with Crippen molar-refractivity contribution in [3.05, 3.63) is 47.5 Å². The van der Waals surface area contributed by atoms with Crippen LogP contribution in [0, 0.1) is 11.3 Å². The van der Waals surface area contributed by atoms with Crippen molar-refractivity contribution in [3.63, 3.8) is 0 Å². The highest BCUT2D eigenvalue weighted by molar-refractivity contribution is 5.97. The summed E-state index contributed by atoms with van der Waals surface area (Å²) in [5.74, 6) is -0.341. The second kappa shape index (κ2) is 9.28. The first-order valence-corrected chi connectivity index (χ1v) is 8.25. The molecule has 0 aliphatic heterocycles. The van der Waals surface area contributed by atoms with E-state index in [1.54, 1.807) is 18.2 Å². The van der Waals surface area contributed by atoms with Crippen molar-refractivity contribution in [2.75, 3.05) is 26.6 Å². The van der Waals surface area contributed by atoms with Gasteiger partial charge in [0.05, 0.1) is 38.5 Å².